The summed E-state index contributed by atoms with van der Waals surface area (Å²) in [5.41, 5.74) is 10.4. The van der Waals surface area contributed by atoms with Gasteiger partial charge in [0.15, 0.2) is 23.3 Å². The van der Waals surface area contributed by atoms with E-state index in [1.165, 1.54) is 37.6 Å². The lowest BCUT2D eigenvalue weighted by atomic mass is 10.2. The molecule has 708 valence electrons. The predicted molar refractivity (Wildman–Crippen MR) is 525 cm³/mol. The first-order chi connectivity index (χ1) is 63.6. The van der Waals surface area contributed by atoms with Crippen molar-refractivity contribution in [3.8, 4) is 51.4 Å². The molecule has 12 aromatic heterocycles. The molecule has 0 radical (unpaired) electrons. The number of hydrogen-bond donors (Lipinski definition) is 11. The molecule has 40 nitrogen and oxygen atoms in total. The van der Waals surface area contributed by atoms with Crippen LogP contribution < -0.4 is 82.8 Å². The van der Waals surface area contributed by atoms with Crippen LogP contribution in [0.4, 0.5) is 56.1 Å². The number of piperazine rings is 4. The summed E-state index contributed by atoms with van der Waals surface area (Å²) in [5, 5.41) is 32.8. The number of carbonyl (C=O) groups is 7. The fourth-order valence-corrected chi connectivity index (χ4v) is 14.0. The Morgan fingerprint density at radius 1 is 0.356 bits per heavy atom. The number of pyridine rings is 8. The van der Waals surface area contributed by atoms with Crippen molar-refractivity contribution < 1.29 is 38.3 Å². The van der Waals surface area contributed by atoms with E-state index in [4.69, 9.17) is 4.74 Å². The zero-order valence-electron chi connectivity index (χ0n) is 72.3. The predicted octanol–water partition coefficient (Wildman–Crippen LogP) is 10.3. The Balaban J connectivity index is 0.000000200. The maximum absolute atomic E-state index is 13.0. The normalized spacial score (nSPS) is 13.5. The average Bonchev–Trinajstić information content (AvgIpc) is 0.842. The number of urea groups is 1. The van der Waals surface area contributed by atoms with Crippen LogP contribution in [-0.4, -0.2) is 264 Å². The smallest absolute Gasteiger partial charge is 0.320 e. The van der Waals surface area contributed by atoms with Crippen molar-refractivity contribution in [2.45, 2.75) is 70.7 Å². The molecule has 1 aliphatic carbocycles. The summed E-state index contributed by atoms with van der Waals surface area (Å²) in [4.78, 5) is 166. The third kappa shape index (κ3) is 28.5. The molecule has 12 aromatic rings. The van der Waals surface area contributed by atoms with E-state index in [0.717, 1.165) is 133 Å². The monoisotopic (exact) mass is 1840 g/mol. The highest BCUT2D eigenvalue weighted by Gasteiger charge is 2.26. The standard InChI is InChI=1S/C24H28N8O2.C23H25N7O2.C22H25N9O2.C21H22N8O2.5CH4/c1-3-31(4-2)24(34)19-6-5-17(15-28-19)22-27-10-7-18(29-22)23(33)30-20-16-26-9-8-21(20)32-13-11-25-12-14-32;31-23(29-19-14-25-7-6-20(19)30-11-9-24-10-12-30)18-5-8-26-22(28-18)17-3-4-21(27-13-17)32-15-16-1-2-16;1-2-25-22(33)30-19-4-3-15(13-27-19)20-26-8-5-16(28-20)21(32)29-17-14-24-7-6-18(17)31-11-9-23-10-12-31;1-22-20(30)15-3-2-14(12-26-15)19-25-7-4-16(27-19)21(31)28-17-13-24-6-5-18(17)29-10-8-23-9-11-29;;;;;/h5-10,15-16,25H,3-4,11-14H2,1-2H3,(H,30,33);3-8,13-14,16,24H,1-2,9-12,15H2,(H,29,31);3-8,13-14,23H,2,9-12H2,1H3,(H,29,32)(H2,25,27,30,33);2-7,12-13,23H,8-11H2,1H3,(H,22,30)(H,28,31);5*1H4. The molecule has 4 saturated heterocycles. The summed E-state index contributed by atoms with van der Waals surface area (Å²) >= 11 is 0. The molecule has 17 rings (SSSR count). The van der Waals surface area contributed by atoms with Crippen molar-refractivity contribution >= 4 is 92.8 Å². The van der Waals surface area contributed by atoms with Crippen molar-refractivity contribution in [1.82, 2.24) is 117 Å². The fourth-order valence-electron chi connectivity index (χ4n) is 14.0. The molecule has 16 heterocycles. The molecule has 11 N–H and O–H groups in total. The van der Waals surface area contributed by atoms with Crippen molar-refractivity contribution in [2.24, 2.45) is 5.92 Å². The number of amides is 8. The molecule has 0 bridgehead atoms. The third-order valence-corrected chi connectivity index (χ3v) is 21.1. The Labute approximate surface area is 786 Å². The summed E-state index contributed by atoms with van der Waals surface area (Å²) in [6, 6.07) is 27.3. The lowest BCUT2D eigenvalue weighted by molar-refractivity contribution is 0.0766. The number of nitrogens with one attached hydrogen (secondary N) is 11. The lowest BCUT2D eigenvalue weighted by Crippen LogP contribution is -2.43. The molecular formula is C95H120N32O8. The average molecular weight is 1840 g/mol. The second kappa shape index (κ2) is 51.9. The third-order valence-electron chi connectivity index (χ3n) is 21.1. The number of carbonyl (C=O) groups excluding carboxylic acids is 7. The summed E-state index contributed by atoms with van der Waals surface area (Å²) in [5.74, 6) is 1.37. The Hall–Kier alpha value is -15.6. The quantitative estimate of drug-likeness (QED) is 0.0253. The van der Waals surface area contributed by atoms with Gasteiger partial charge in [-0.15, -0.1) is 0 Å². The van der Waals surface area contributed by atoms with Crippen LogP contribution in [0.3, 0.4) is 0 Å². The molecule has 135 heavy (non-hydrogen) atoms. The van der Waals surface area contributed by atoms with Crippen LogP contribution in [0.5, 0.6) is 5.88 Å². The molecule has 0 unspecified atom stereocenters. The van der Waals surface area contributed by atoms with E-state index in [2.05, 4.69) is 158 Å². The van der Waals surface area contributed by atoms with Crippen LogP contribution >= 0.6 is 0 Å². The zero-order chi connectivity index (χ0) is 90.3. The topological polar surface area (TPSA) is 483 Å². The van der Waals surface area contributed by atoms with Crippen molar-refractivity contribution in [1.29, 1.82) is 0 Å². The molecular weight excluding hydrogens is 1720 g/mol. The molecule has 0 aromatic carbocycles. The minimum absolute atomic E-state index is 0. The Kier molecular flexibility index (Phi) is 39.7. The van der Waals surface area contributed by atoms with Gasteiger partial charge in [-0.2, -0.15) is 0 Å². The van der Waals surface area contributed by atoms with Crippen molar-refractivity contribution in [2.75, 3.05) is 184 Å². The van der Waals surface area contributed by atoms with E-state index in [-0.39, 0.29) is 107 Å². The van der Waals surface area contributed by atoms with Gasteiger partial charge in [-0.1, -0.05) is 37.1 Å². The van der Waals surface area contributed by atoms with Crippen molar-refractivity contribution in [3.63, 3.8) is 0 Å². The van der Waals surface area contributed by atoms with Crippen LogP contribution in [0, 0.1) is 5.92 Å². The number of ether oxygens (including phenoxy) is 1. The van der Waals surface area contributed by atoms with Crippen molar-refractivity contribution in [3.05, 3.63) is 230 Å². The van der Waals surface area contributed by atoms with Gasteiger partial charge in [-0.3, -0.25) is 64.0 Å². The van der Waals surface area contributed by atoms with Crippen LogP contribution in [0.2, 0.25) is 0 Å². The minimum atomic E-state index is -0.358. The van der Waals surface area contributed by atoms with Crippen LogP contribution in [-0.2, 0) is 0 Å². The largest absolute Gasteiger partial charge is 0.477 e. The SMILES string of the molecule is C.C.C.C.C.CCN(CC)C(=O)c1ccc(-c2nccc(C(=O)Nc3cnccc3N3CCNCC3)n2)cn1.CCNC(=O)Nc1ccc(-c2nccc(C(=O)Nc3cnccc3N3CCNCC3)n2)cn1.CNC(=O)c1ccc(-c2nccc(C(=O)Nc3cnccc3N3CCNCC3)n2)cn1.O=C(Nc1cnccc1N1CCNCC1)c1ccnc(-c2ccc(OCC3CC3)nc2)n1. The highest BCUT2D eigenvalue weighted by Crippen LogP contribution is 2.33. The highest BCUT2D eigenvalue weighted by molar-refractivity contribution is 6.07. The highest BCUT2D eigenvalue weighted by atomic mass is 16.5. The van der Waals surface area contributed by atoms with E-state index in [9.17, 15) is 33.6 Å². The number of rotatable bonds is 25. The maximum atomic E-state index is 13.0. The van der Waals surface area contributed by atoms with Gasteiger partial charge >= 0.3 is 6.03 Å². The zero-order valence-corrected chi connectivity index (χ0v) is 72.3. The Morgan fingerprint density at radius 3 is 0.970 bits per heavy atom. The Bertz CT molecular complexity index is 5840. The van der Waals surface area contributed by atoms with Crippen LogP contribution in [0.15, 0.2) is 196 Å². The van der Waals surface area contributed by atoms with Gasteiger partial charge in [-0.25, -0.2) is 54.6 Å². The van der Waals surface area contributed by atoms with Gasteiger partial charge in [0, 0.05) is 234 Å². The molecule has 5 fully saturated rings. The van der Waals surface area contributed by atoms with E-state index in [0.29, 0.717) is 112 Å². The van der Waals surface area contributed by atoms with Gasteiger partial charge in [0.05, 0.1) is 76.9 Å². The van der Waals surface area contributed by atoms with E-state index in [1.54, 1.807) is 147 Å². The minimum Gasteiger partial charge on any atom is -0.477 e. The molecule has 8 amide bonds. The first kappa shape index (κ1) is 103. The number of nitrogens with zero attached hydrogens (tertiary/aromatic N) is 21. The summed E-state index contributed by atoms with van der Waals surface area (Å²) in [6.07, 6.45) is 28.4. The van der Waals surface area contributed by atoms with Gasteiger partial charge < -0.3 is 82.4 Å². The molecule has 0 spiro atoms. The van der Waals surface area contributed by atoms with E-state index < -0.39 is 0 Å². The molecule has 40 heteroatoms. The Morgan fingerprint density at radius 2 is 0.681 bits per heavy atom. The molecule has 5 aliphatic rings. The van der Waals surface area contributed by atoms with Gasteiger partial charge in [0.25, 0.3) is 35.4 Å². The van der Waals surface area contributed by atoms with E-state index in [1.807, 2.05) is 57.2 Å². The first-order valence-electron chi connectivity index (χ1n) is 42.9. The number of anilines is 9. The molecule has 4 aliphatic heterocycles. The maximum Gasteiger partial charge on any atom is 0.320 e. The molecule has 0 atom stereocenters. The fraction of sp³-hybridized carbons (Fsp3) is 0.337. The first-order valence-corrected chi connectivity index (χ1v) is 42.9. The number of aromatic nitrogens is 16. The van der Waals surface area contributed by atoms with Gasteiger partial charge in [0.2, 0.25) is 5.88 Å². The van der Waals surface area contributed by atoms with Gasteiger partial charge in [0.1, 0.15) is 40.0 Å². The second-order valence-electron chi connectivity index (χ2n) is 29.9. The van der Waals surface area contributed by atoms with Crippen LogP contribution in [0.25, 0.3) is 45.6 Å². The van der Waals surface area contributed by atoms with Gasteiger partial charge in [-0.05, 0) is 131 Å². The lowest BCUT2D eigenvalue weighted by Gasteiger charge is -2.30. The summed E-state index contributed by atoms with van der Waals surface area (Å²) < 4.78 is 5.68. The number of hydrogen-bond acceptors (Lipinski definition) is 32. The second-order valence-corrected chi connectivity index (χ2v) is 29.9. The summed E-state index contributed by atoms with van der Waals surface area (Å²) in [6.45, 7) is 22.1. The van der Waals surface area contributed by atoms with Crippen LogP contribution in [0.1, 0.15) is 134 Å². The molecule has 1 saturated carbocycles. The van der Waals surface area contributed by atoms with E-state index >= 15 is 0 Å². The summed E-state index contributed by atoms with van der Waals surface area (Å²) in [7, 11) is 1.54.